The van der Waals surface area contributed by atoms with E-state index in [0.717, 1.165) is 37.8 Å². The lowest BCUT2D eigenvalue weighted by atomic mass is 9.85. The van der Waals surface area contributed by atoms with Crippen LogP contribution in [0.5, 0.6) is 0 Å². The van der Waals surface area contributed by atoms with Gasteiger partial charge in [0.15, 0.2) is 0 Å². The van der Waals surface area contributed by atoms with Gasteiger partial charge in [-0.25, -0.2) is 5.01 Å². The first-order valence-corrected chi connectivity index (χ1v) is 9.53. The molecule has 4 rings (SSSR count). The molecule has 5 nitrogen and oxygen atoms in total. The summed E-state index contributed by atoms with van der Waals surface area (Å²) in [6, 6.07) is 5.65. The van der Waals surface area contributed by atoms with E-state index in [-0.39, 0.29) is 17.7 Å². The number of nitrogens with zero attached hydrogens (tertiary/aromatic N) is 2. The molecule has 7 heteroatoms. The molecule has 1 atom stereocenters. The van der Waals surface area contributed by atoms with Crippen molar-refractivity contribution in [3.05, 3.63) is 33.8 Å². The van der Waals surface area contributed by atoms with E-state index < -0.39 is 5.54 Å². The number of hydrogen-bond donors (Lipinski definition) is 1. The van der Waals surface area contributed by atoms with Gasteiger partial charge in [0.25, 0.3) is 0 Å². The molecule has 1 spiro atoms. The SMILES string of the molecule is O=C1CC2(CCCN(Cc3cccc(Cl)c3Cl)C2)N(C(=O)C2CC2)N1. The van der Waals surface area contributed by atoms with Crippen LogP contribution in [0.3, 0.4) is 0 Å². The molecule has 0 radical (unpaired) electrons. The van der Waals surface area contributed by atoms with E-state index in [2.05, 4.69) is 10.3 Å². The van der Waals surface area contributed by atoms with Crippen molar-refractivity contribution in [3.8, 4) is 0 Å². The van der Waals surface area contributed by atoms with Crippen molar-refractivity contribution in [3.63, 3.8) is 0 Å². The lowest BCUT2D eigenvalue weighted by Crippen LogP contribution is -2.59. The second-order valence-corrected chi connectivity index (χ2v) is 8.20. The van der Waals surface area contributed by atoms with E-state index in [9.17, 15) is 9.59 Å². The average Bonchev–Trinajstić information content (AvgIpc) is 3.37. The molecule has 0 bridgehead atoms. The van der Waals surface area contributed by atoms with Gasteiger partial charge in [-0.2, -0.15) is 0 Å². The van der Waals surface area contributed by atoms with Gasteiger partial charge in [0.05, 0.1) is 22.0 Å². The molecule has 25 heavy (non-hydrogen) atoms. The predicted molar refractivity (Wildman–Crippen MR) is 96.0 cm³/mol. The van der Waals surface area contributed by atoms with Gasteiger partial charge in [0.2, 0.25) is 11.8 Å². The van der Waals surface area contributed by atoms with E-state index in [4.69, 9.17) is 23.2 Å². The zero-order chi connectivity index (χ0) is 17.6. The van der Waals surface area contributed by atoms with Gasteiger partial charge < -0.3 is 0 Å². The van der Waals surface area contributed by atoms with Crippen molar-refractivity contribution in [1.29, 1.82) is 0 Å². The van der Waals surface area contributed by atoms with Crippen LogP contribution >= 0.6 is 23.2 Å². The standard InChI is InChI=1S/C18H21Cl2N3O2/c19-14-4-1-3-13(16(14)20)10-22-8-2-7-18(11-22)9-15(24)21-23(18)17(25)12-5-6-12/h1,3-4,12H,2,5-11H2,(H,21,24). The number of rotatable bonds is 3. The lowest BCUT2D eigenvalue weighted by molar-refractivity contribution is -0.144. The Labute approximate surface area is 157 Å². The highest BCUT2D eigenvalue weighted by atomic mass is 35.5. The lowest BCUT2D eigenvalue weighted by Gasteiger charge is -2.44. The number of hydrogen-bond acceptors (Lipinski definition) is 3. The molecule has 1 N–H and O–H groups in total. The highest BCUT2D eigenvalue weighted by molar-refractivity contribution is 6.42. The van der Waals surface area contributed by atoms with Crippen molar-refractivity contribution < 1.29 is 9.59 Å². The molecule has 2 heterocycles. The Balaban J connectivity index is 1.54. The van der Waals surface area contributed by atoms with Gasteiger partial charge in [0.1, 0.15) is 0 Å². The summed E-state index contributed by atoms with van der Waals surface area (Å²) < 4.78 is 0. The molecule has 134 valence electrons. The van der Waals surface area contributed by atoms with Crippen LogP contribution < -0.4 is 5.43 Å². The maximum atomic E-state index is 12.6. The van der Waals surface area contributed by atoms with E-state index in [1.807, 2.05) is 12.1 Å². The molecular weight excluding hydrogens is 361 g/mol. The number of hydrazine groups is 1. The number of halogens is 2. The number of likely N-dealkylation sites (tertiary alicyclic amines) is 1. The summed E-state index contributed by atoms with van der Waals surface area (Å²) in [4.78, 5) is 27.0. The molecule has 2 saturated heterocycles. The number of carbonyl (C=O) groups excluding carboxylic acids is 2. The zero-order valence-corrected chi connectivity index (χ0v) is 15.4. The maximum Gasteiger partial charge on any atom is 0.244 e. The second-order valence-electron chi connectivity index (χ2n) is 7.41. The molecule has 1 saturated carbocycles. The fourth-order valence-corrected chi connectivity index (χ4v) is 4.42. The number of amides is 2. The van der Waals surface area contributed by atoms with Gasteiger partial charge in [-0.15, -0.1) is 0 Å². The van der Waals surface area contributed by atoms with Crippen LogP contribution in [-0.4, -0.2) is 40.4 Å². The normalized spacial score (nSPS) is 27.0. The molecular formula is C18H21Cl2N3O2. The Morgan fingerprint density at radius 1 is 1.32 bits per heavy atom. The largest absolute Gasteiger partial charge is 0.297 e. The number of nitrogens with one attached hydrogen (secondary N) is 1. The fraction of sp³-hybridized carbons (Fsp3) is 0.556. The highest BCUT2D eigenvalue weighted by Gasteiger charge is 2.52. The van der Waals surface area contributed by atoms with Crippen LogP contribution in [0.1, 0.15) is 37.7 Å². The van der Waals surface area contributed by atoms with Crippen LogP contribution in [-0.2, 0) is 16.1 Å². The van der Waals surface area contributed by atoms with Gasteiger partial charge in [-0.1, -0.05) is 35.3 Å². The van der Waals surface area contributed by atoms with Gasteiger partial charge >= 0.3 is 0 Å². The Hall–Kier alpha value is -1.30. The molecule has 2 aliphatic heterocycles. The summed E-state index contributed by atoms with van der Waals surface area (Å²) in [7, 11) is 0. The molecule has 1 aromatic rings. The molecule has 1 aliphatic carbocycles. The summed E-state index contributed by atoms with van der Waals surface area (Å²) in [6.07, 6.45) is 4.04. The topological polar surface area (TPSA) is 52.7 Å². The summed E-state index contributed by atoms with van der Waals surface area (Å²) in [5, 5.41) is 2.78. The highest BCUT2D eigenvalue weighted by Crippen LogP contribution is 2.39. The van der Waals surface area contributed by atoms with Gasteiger partial charge in [-0.3, -0.25) is 19.9 Å². The quantitative estimate of drug-likeness (QED) is 0.875. The first kappa shape index (κ1) is 17.1. The van der Waals surface area contributed by atoms with Crippen molar-refractivity contribution in [2.45, 2.75) is 44.2 Å². The Bertz CT molecular complexity index is 722. The minimum Gasteiger partial charge on any atom is -0.297 e. The van der Waals surface area contributed by atoms with Crippen LogP contribution in [0.25, 0.3) is 0 Å². The van der Waals surface area contributed by atoms with Crippen molar-refractivity contribution in [2.24, 2.45) is 5.92 Å². The van der Waals surface area contributed by atoms with E-state index in [1.54, 1.807) is 11.1 Å². The van der Waals surface area contributed by atoms with E-state index in [0.29, 0.717) is 29.6 Å². The number of carbonyl (C=O) groups is 2. The average molecular weight is 382 g/mol. The molecule has 3 aliphatic rings. The van der Waals surface area contributed by atoms with Crippen LogP contribution in [0.4, 0.5) is 0 Å². The molecule has 2 amide bonds. The monoisotopic (exact) mass is 381 g/mol. The second kappa shape index (κ2) is 6.45. The minimum absolute atomic E-state index is 0.0587. The third-order valence-electron chi connectivity index (χ3n) is 5.41. The molecule has 3 fully saturated rings. The Morgan fingerprint density at radius 3 is 2.88 bits per heavy atom. The summed E-state index contributed by atoms with van der Waals surface area (Å²) in [5.41, 5.74) is 3.36. The Morgan fingerprint density at radius 2 is 2.12 bits per heavy atom. The predicted octanol–water partition coefficient (Wildman–Crippen LogP) is 3.00. The zero-order valence-electron chi connectivity index (χ0n) is 13.9. The van der Waals surface area contributed by atoms with E-state index in [1.165, 1.54) is 0 Å². The molecule has 0 aromatic heterocycles. The summed E-state index contributed by atoms with van der Waals surface area (Å²) in [6.45, 7) is 2.26. The van der Waals surface area contributed by atoms with Crippen molar-refractivity contribution >= 4 is 35.0 Å². The van der Waals surface area contributed by atoms with Crippen molar-refractivity contribution in [2.75, 3.05) is 13.1 Å². The smallest absolute Gasteiger partial charge is 0.244 e. The molecule has 1 aromatic carbocycles. The fourth-order valence-electron chi connectivity index (χ4n) is 4.04. The first-order chi connectivity index (χ1) is 12.0. The third-order valence-corrected chi connectivity index (χ3v) is 6.27. The maximum absolute atomic E-state index is 12.6. The number of piperidine rings is 1. The van der Waals surface area contributed by atoms with Gasteiger partial charge in [0, 0.05) is 19.0 Å². The molecule has 1 unspecified atom stereocenters. The van der Waals surface area contributed by atoms with Crippen LogP contribution in [0.2, 0.25) is 10.0 Å². The first-order valence-electron chi connectivity index (χ1n) is 8.77. The van der Waals surface area contributed by atoms with E-state index >= 15 is 0 Å². The van der Waals surface area contributed by atoms with Crippen LogP contribution in [0, 0.1) is 5.92 Å². The number of benzene rings is 1. The summed E-state index contributed by atoms with van der Waals surface area (Å²) in [5.74, 6) is 0.109. The van der Waals surface area contributed by atoms with Crippen LogP contribution in [0.15, 0.2) is 18.2 Å². The van der Waals surface area contributed by atoms with Crippen molar-refractivity contribution in [1.82, 2.24) is 15.3 Å². The Kier molecular flexibility index (Phi) is 4.42. The summed E-state index contributed by atoms with van der Waals surface area (Å²) >= 11 is 12.4. The minimum atomic E-state index is -0.430. The third kappa shape index (κ3) is 3.25. The van der Waals surface area contributed by atoms with Gasteiger partial charge in [-0.05, 0) is 43.9 Å².